The van der Waals surface area contributed by atoms with E-state index in [9.17, 15) is 17.6 Å². The second-order valence-corrected chi connectivity index (χ2v) is 10.1. The largest absolute Gasteiger partial charge is 0.206 e. The summed E-state index contributed by atoms with van der Waals surface area (Å²) in [4.78, 5) is 4.49. The van der Waals surface area contributed by atoms with Crippen LogP contribution in [0.4, 0.5) is 23.2 Å². The first-order valence-electron chi connectivity index (χ1n) is 11.0. The minimum absolute atomic E-state index is 0.0856. The van der Waals surface area contributed by atoms with Crippen molar-refractivity contribution in [2.75, 3.05) is 0 Å². The Morgan fingerprint density at radius 1 is 0.778 bits per heavy atom. The molecule has 4 rings (SSSR count). The van der Waals surface area contributed by atoms with E-state index >= 15 is 0 Å². The molecule has 0 bridgehead atoms. The Balaban J connectivity index is 1.56. The molecule has 8 heteroatoms. The Morgan fingerprint density at radius 2 is 1.42 bits per heavy atom. The van der Waals surface area contributed by atoms with Gasteiger partial charge in [0.2, 0.25) is 0 Å². The molecule has 0 saturated heterocycles. The van der Waals surface area contributed by atoms with Crippen LogP contribution in [0.15, 0.2) is 41.4 Å². The summed E-state index contributed by atoms with van der Waals surface area (Å²) in [6.07, 6.45) is 3.83. The zero-order chi connectivity index (χ0) is 25.7. The standard InChI is InChI=1S/C28H17F4NS3/c1-2-3-4-5-6-7-17-10-20(29)27(21(30)11-17)26-15-25-24(36-26)14-19(35-25)9-8-18-12-22(31)28(33-16-34)23(32)13-18/h10-15H,2-5H2,1H3. The van der Waals surface area contributed by atoms with Gasteiger partial charge in [-0.3, -0.25) is 0 Å². The molecule has 0 unspecified atom stereocenters. The van der Waals surface area contributed by atoms with E-state index in [-0.39, 0.29) is 11.1 Å². The number of benzene rings is 2. The van der Waals surface area contributed by atoms with Crippen molar-refractivity contribution in [3.8, 4) is 34.1 Å². The molecule has 2 heterocycles. The van der Waals surface area contributed by atoms with Gasteiger partial charge in [-0.1, -0.05) is 43.4 Å². The Labute approximate surface area is 219 Å². The van der Waals surface area contributed by atoms with Crippen LogP contribution in [0.2, 0.25) is 0 Å². The lowest BCUT2D eigenvalue weighted by molar-refractivity contribution is 0.587. The summed E-state index contributed by atoms with van der Waals surface area (Å²) in [6.45, 7) is 2.10. The lowest BCUT2D eigenvalue weighted by Crippen LogP contribution is -1.90. The summed E-state index contributed by atoms with van der Waals surface area (Å²) in [7, 11) is 0. The predicted octanol–water partition coefficient (Wildman–Crippen LogP) is 9.25. The molecule has 0 atom stereocenters. The molecule has 0 aliphatic heterocycles. The molecule has 4 aromatic rings. The van der Waals surface area contributed by atoms with E-state index in [0.29, 0.717) is 21.7 Å². The highest BCUT2D eigenvalue weighted by Crippen LogP contribution is 2.40. The van der Waals surface area contributed by atoms with Gasteiger partial charge in [0.25, 0.3) is 0 Å². The van der Waals surface area contributed by atoms with Gasteiger partial charge in [0.15, 0.2) is 11.6 Å². The van der Waals surface area contributed by atoms with Crippen molar-refractivity contribution in [1.82, 2.24) is 0 Å². The van der Waals surface area contributed by atoms with Gasteiger partial charge in [0.05, 0.1) is 15.6 Å². The summed E-state index contributed by atoms with van der Waals surface area (Å²) in [5, 5.41) is 1.94. The van der Waals surface area contributed by atoms with Crippen LogP contribution in [0.1, 0.15) is 48.6 Å². The van der Waals surface area contributed by atoms with Crippen molar-refractivity contribution in [2.24, 2.45) is 4.99 Å². The van der Waals surface area contributed by atoms with Crippen LogP contribution >= 0.6 is 34.9 Å². The summed E-state index contributed by atoms with van der Waals surface area (Å²) >= 11 is 6.96. The van der Waals surface area contributed by atoms with E-state index < -0.39 is 29.0 Å². The van der Waals surface area contributed by atoms with Gasteiger partial charge in [0, 0.05) is 31.8 Å². The Morgan fingerprint density at radius 3 is 2.06 bits per heavy atom. The minimum Gasteiger partial charge on any atom is -0.206 e. The molecule has 0 fully saturated rings. The Hall–Kier alpha value is -3.26. The van der Waals surface area contributed by atoms with Gasteiger partial charge in [-0.05, 0) is 55.0 Å². The number of nitrogens with zero attached hydrogens (tertiary/aromatic N) is 1. The zero-order valence-corrected chi connectivity index (χ0v) is 21.4. The average molecular weight is 540 g/mol. The van der Waals surface area contributed by atoms with Gasteiger partial charge in [-0.15, -0.1) is 22.7 Å². The summed E-state index contributed by atoms with van der Waals surface area (Å²) in [5.41, 5.74) is -0.136. The summed E-state index contributed by atoms with van der Waals surface area (Å²) in [6, 6.07) is 8.16. The van der Waals surface area contributed by atoms with E-state index in [1.165, 1.54) is 34.8 Å². The average Bonchev–Trinajstić information content (AvgIpc) is 3.38. The van der Waals surface area contributed by atoms with Crippen molar-refractivity contribution < 1.29 is 17.6 Å². The topological polar surface area (TPSA) is 12.4 Å². The van der Waals surface area contributed by atoms with Crippen LogP contribution in [-0.2, 0) is 0 Å². The number of aliphatic imine (C=N–C) groups is 1. The third kappa shape index (κ3) is 5.93. The van der Waals surface area contributed by atoms with Gasteiger partial charge < -0.3 is 0 Å². The van der Waals surface area contributed by atoms with Crippen LogP contribution in [0, 0.1) is 47.0 Å². The summed E-state index contributed by atoms with van der Waals surface area (Å²) in [5.74, 6) is 8.32. The number of hydrogen-bond donors (Lipinski definition) is 0. The van der Waals surface area contributed by atoms with E-state index in [1.54, 1.807) is 12.1 Å². The van der Waals surface area contributed by atoms with Crippen molar-refractivity contribution >= 4 is 55.1 Å². The molecule has 0 radical (unpaired) electrons. The highest BCUT2D eigenvalue weighted by Gasteiger charge is 2.17. The number of fused-ring (bicyclic) bond motifs is 1. The number of hydrogen-bond acceptors (Lipinski definition) is 4. The third-order valence-corrected chi connectivity index (χ3v) is 7.46. The van der Waals surface area contributed by atoms with Crippen LogP contribution in [-0.4, -0.2) is 5.16 Å². The molecule has 2 aromatic heterocycles. The molecule has 0 amide bonds. The van der Waals surface area contributed by atoms with Gasteiger partial charge >= 0.3 is 0 Å². The second kappa shape index (κ2) is 11.6. The molecule has 0 N–H and O–H groups in total. The molecule has 0 aliphatic rings. The van der Waals surface area contributed by atoms with Crippen molar-refractivity contribution in [3.63, 3.8) is 0 Å². The van der Waals surface area contributed by atoms with Crippen LogP contribution < -0.4 is 0 Å². The van der Waals surface area contributed by atoms with Crippen LogP contribution in [0.25, 0.3) is 19.8 Å². The highest BCUT2D eigenvalue weighted by molar-refractivity contribution is 7.78. The third-order valence-electron chi connectivity index (χ3n) is 5.14. The van der Waals surface area contributed by atoms with Crippen molar-refractivity contribution in [3.05, 3.63) is 75.7 Å². The second-order valence-electron chi connectivity index (χ2n) is 7.77. The number of thiocarbonyl (C=S) groups is 1. The van der Waals surface area contributed by atoms with Crippen LogP contribution in [0.5, 0.6) is 0 Å². The van der Waals surface area contributed by atoms with E-state index in [1.807, 2.05) is 5.16 Å². The molecule has 0 aliphatic carbocycles. The quantitative estimate of drug-likeness (QED) is 0.0809. The van der Waals surface area contributed by atoms with Crippen molar-refractivity contribution in [1.29, 1.82) is 0 Å². The minimum atomic E-state index is -0.883. The first-order valence-corrected chi connectivity index (χ1v) is 13.0. The summed E-state index contributed by atoms with van der Waals surface area (Å²) < 4.78 is 59.2. The molecule has 0 spiro atoms. The fraction of sp³-hybridized carbons (Fsp3) is 0.179. The fourth-order valence-electron chi connectivity index (χ4n) is 3.45. The number of halogens is 4. The van der Waals surface area contributed by atoms with Gasteiger partial charge in [-0.25, -0.2) is 17.6 Å². The maximum Gasteiger partial charge on any atom is 0.153 e. The maximum absolute atomic E-state index is 14.8. The normalized spacial score (nSPS) is 10.4. The molecule has 0 saturated carbocycles. The van der Waals surface area contributed by atoms with E-state index in [4.69, 9.17) is 0 Å². The number of unbranched alkanes of at least 4 members (excludes halogenated alkanes) is 3. The fourth-order valence-corrected chi connectivity index (χ4v) is 5.84. The van der Waals surface area contributed by atoms with Gasteiger partial charge in [0.1, 0.15) is 17.3 Å². The van der Waals surface area contributed by atoms with E-state index in [2.05, 4.69) is 47.8 Å². The lowest BCUT2D eigenvalue weighted by atomic mass is 10.1. The Bertz CT molecular complexity index is 1540. The zero-order valence-electron chi connectivity index (χ0n) is 19.0. The maximum atomic E-state index is 14.8. The first kappa shape index (κ1) is 25.8. The van der Waals surface area contributed by atoms with Crippen molar-refractivity contribution in [2.45, 2.75) is 32.6 Å². The number of rotatable bonds is 5. The molecule has 1 nitrogen and oxygen atoms in total. The molecule has 180 valence electrons. The number of isothiocyanates is 1. The monoisotopic (exact) mass is 539 g/mol. The first-order chi connectivity index (χ1) is 17.4. The molecule has 36 heavy (non-hydrogen) atoms. The Kier molecular flexibility index (Phi) is 8.36. The lowest BCUT2D eigenvalue weighted by Gasteiger charge is -2.03. The number of thiophene rings is 2. The molecule has 2 aromatic carbocycles. The predicted molar refractivity (Wildman–Crippen MR) is 143 cm³/mol. The SMILES string of the molecule is CCCCCC#Cc1cc(F)c(-c2cc3sc(C#Cc4cc(F)c(N=C=S)c(F)c4)cc3s2)c(F)c1. The highest BCUT2D eigenvalue weighted by atomic mass is 32.1. The molecular weight excluding hydrogens is 523 g/mol. The molecular formula is C28H17F4NS3. The van der Waals surface area contributed by atoms with Gasteiger partial charge in [-0.2, -0.15) is 4.99 Å². The van der Waals surface area contributed by atoms with Crippen LogP contribution in [0.3, 0.4) is 0 Å². The van der Waals surface area contributed by atoms with E-state index in [0.717, 1.165) is 40.8 Å². The smallest absolute Gasteiger partial charge is 0.153 e.